The van der Waals surface area contributed by atoms with E-state index >= 15 is 0 Å². The predicted octanol–water partition coefficient (Wildman–Crippen LogP) is 3.65. The van der Waals surface area contributed by atoms with Crippen LogP contribution in [0.5, 0.6) is 0 Å². The van der Waals surface area contributed by atoms with E-state index < -0.39 is 0 Å². The first kappa shape index (κ1) is 12.6. The van der Waals surface area contributed by atoms with Gasteiger partial charge in [-0.2, -0.15) is 0 Å². The minimum atomic E-state index is 0.662. The van der Waals surface area contributed by atoms with E-state index in [0.717, 1.165) is 12.5 Å². The number of hydrogen-bond acceptors (Lipinski definition) is 1. The van der Waals surface area contributed by atoms with Gasteiger partial charge >= 0.3 is 0 Å². The largest absolute Gasteiger partial charge is 0.296 e. The van der Waals surface area contributed by atoms with Crippen LogP contribution in [0.3, 0.4) is 0 Å². The zero-order valence-electron chi connectivity index (χ0n) is 11.7. The smallest absolute Gasteiger partial charge is 0.0242 e. The summed E-state index contributed by atoms with van der Waals surface area (Å²) >= 11 is 0. The third-order valence-corrected chi connectivity index (χ3v) is 3.76. The van der Waals surface area contributed by atoms with E-state index in [0.29, 0.717) is 6.04 Å². The average molecular weight is 231 g/mol. The second kappa shape index (κ2) is 5.22. The van der Waals surface area contributed by atoms with Gasteiger partial charge in [-0.1, -0.05) is 32.0 Å². The molecule has 0 fully saturated rings. The Hall–Kier alpha value is -0.820. The van der Waals surface area contributed by atoms with Gasteiger partial charge in [-0.05, 0) is 49.3 Å². The molecule has 0 atom stereocenters. The van der Waals surface area contributed by atoms with Gasteiger partial charge in [0.2, 0.25) is 0 Å². The Bertz CT molecular complexity index is 379. The van der Waals surface area contributed by atoms with Crippen molar-refractivity contribution >= 4 is 0 Å². The Labute approximate surface area is 106 Å². The molecule has 0 aromatic heterocycles. The highest BCUT2D eigenvalue weighted by Crippen LogP contribution is 2.25. The molecule has 0 N–H and O–H groups in total. The monoisotopic (exact) mass is 231 g/mol. The highest BCUT2D eigenvalue weighted by atomic mass is 15.1. The average Bonchev–Trinajstić information content (AvgIpc) is 2.28. The lowest BCUT2D eigenvalue weighted by molar-refractivity contribution is 0.202. The highest BCUT2D eigenvalue weighted by molar-refractivity contribution is 5.37. The van der Waals surface area contributed by atoms with Crippen LogP contribution in [0, 0.1) is 5.92 Å². The van der Waals surface area contributed by atoms with E-state index in [2.05, 4.69) is 50.8 Å². The maximum atomic E-state index is 2.59. The van der Waals surface area contributed by atoms with Crippen LogP contribution in [0.4, 0.5) is 0 Å². The minimum absolute atomic E-state index is 0.662. The lowest BCUT2D eigenvalue weighted by Crippen LogP contribution is -2.36. The summed E-state index contributed by atoms with van der Waals surface area (Å²) in [4.78, 5) is 2.59. The van der Waals surface area contributed by atoms with Gasteiger partial charge in [-0.25, -0.2) is 0 Å². The Morgan fingerprint density at radius 1 is 1.18 bits per heavy atom. The first-order valence-corrected chi connectivity index (χ1v) is 6.91. The molecule has 0 radical (unpaired) electrons. The lowest BCUT2D eigenvalue weighted by Gasteiger charge is -2.33. The molecule has 0 amide bonds. The number of hydrogen-bond donors (Lipinski definition) is 0. The van der Waals surface area contributed by atoms with Crippen LogP contribution in [0.15, 0.2) is 18.2 Å². The molecule has 17 heavy (non-hydrogen) atoms. The topological polar surface area (TPSA) is 3.24 Å². The Kier molecular flexibility index (Phi) is 3.88. The molecular formula is C16H25N. The summed E-state index contributed by atoms with van der Waals surface area (Å²) in [6.45, 7) is 11.6. The third kappa shape index (κ3) is 2.90. The van der Waals surface area contributed by atoms with Gasteiger partial charge in [0, 0.05) is 19.1 Å². The summed E-state index contributed by atoms with van der Waals surface area (Å²) in [5, 5.41) is 0. The molecule has 0 spiro atoms. The predicted molar refractivity (Wildman–Crippen MR) is 74.2 cm³/mol. The van der Waals surface area contributed by atoms with E-state index in [-0.39, 0.29) is 0 Å². The summed E-state index contributed by atoms with van der Waals surface area (Å²) in [6, 6.07) is 7.54. The van der Waals surface area contributed by atoms with Crippen LogP contribution < -0.4 is 0 Å². The summed E-state index contributed by atoms with van der Waals surface area (Å²) in [5.74, 6) is 0.746. The van der Waals surface area contributed by atoms with Crippen molar-refractivity contribution in [3.8, 4) is 0 Å². The fourth-order valence-corrected chi connectivity index (χ4v) is 2.74. The molecule has 0 aliphatic carbocycles. The van der Waals surface area contributed by atoms with Crippen molar-refractivity contribution in [3.05, 3.63) is 34.9 Å². The first-order chi connectivity index (χ1) is 8.08. The Morgan fingerprint density at radius 3 is 2.59 bits per heavy atom. The van der Waals surface area contributed by atoms with Crippen LogP contribution in [-0.2, 0) is 19.4 Å². The molecule has 2 rings (SSSR count). The van der Waals surface area contributed by atoms with E-state index in [1.54, 1.807) is 16.7 Å². The van der Waals surface area contributed by atoms with Gasteiger partial charge in [0.15, 0.2) is 0 Å². The van der Waals surface area contributed by atoms with Crippen molar-refractivity contribution in [2.75, 3.05) is 6.54 Å². The van der Waals surface area contributed by atoms with Gasteiger partial charge in [0.1, 0.15) is 0 Å². The number of nitrogens with zero attached hydrogens (tertiary/aromatic N) is 1. The quantitative estimate of drug-likeness (QED) is 0.767. The summed E-state index contributed by atoms with van der Waals surface area (Å²) in [5.41, 5.74) is 4.77. The highest BCUT2D eigenvalue weighted by Gasteiger charge is 2.20. The van der Waals surface area contributed by atoms with Gasteiger partial charge in [0.25, 0.3) is 0 Å². The van der Waals surface area contributed by atoms with E-state index in [4.69, 9.17) is 0 Å². The second-order valence-electron chi connectivity index (χ2n) is 5.97. The molecule has 1 aromatic carbocycles. The summed E-state index contributed by atoms with van der Waals surface area (Å²) in [7, 11) is 0. The van der Waals surface area contributed by atoms with E-state index in [9.17, 15) is 0 Å². The van der Waals surface area contributed by atoms with Crippen molar-refractivity contribution in [3.63, 3.8) is 0 Å². The lowest BCUT2D eigenvalue weighted by atomic mass is 9.90. The Balaban J connectivity index is 2.26. The Morgan fingerprint density at radius 2 is 1.94 bits per heavy atom. The van der Waals surface area contributed by atoms with Crippen LogP contribution >= 0.6 is 0 Å². The molecule has 0 unspecified atom stereocenters. The van der Waals surface area contributed by atoms with Gasteiger partial charge in [-0.15, -0.1) is 0 Å². The number of rotatable bonds is 3. The number of benzene rings is 1. The van der Waals surface area contributed by atoms with E-state index in [1.165, 1.54) is 19.4 Å². The first-order valence-electron chi connectivity index (χ1n) is 6.91. The van der Waals surface area contributed by atoms with Crippen molar-refractivity contribution in [2.45, 2.75) is 53.1 Å². The van der Waals surface area contributed by atoms with E-state index in [1.807, 2.05) is 0 Å². The maximum Gasteiger partial charge on any atom is 0.0242 e. The molecule has 1 aliphatic heterocycles. The molecule has 1 aliphatic rings. The summed E-state index contributed by atoms with van der Waals surface area (Å²) in [6.07, 6.45) is 2.44. The second-order valence-corrected chi connectivity index (χ2v) is 5.97. The zero-order valence-corrected chi connectivity index (χ0v) is 11.7. The molecule has 1 nitrogen and oxygen atoms in total. The molecule has 1 heterocycles. The fraction of sp³-hybridized carbons (Fsp3) is 0.625. The normalized spacial score (nSPS) is 16.6. The third-order valence-electron chi connectivity index (χ3n) is 3.76. The SMILES string of the molecule is CC(C)Cc1cccc2c1CN(C(C)C)CC2. The van der Waals surface area contributed by atoms with Crippen LogP contribution in [-0.4, -0.2) is 17.5 Å². The maximum absolute atomic E-state index is 2.59. The molecule has 1 aromatic rings. The van der Waals surface area contributed by atoms with Gasteiger partial charge in [-0.3, -0.25) is 4.90 Å². The van der Waals surface area contributed by atoms with Crippen LogP contribution in [0.1, 0.15) is 44.4 Å². The van der Waals surface area contributed by atoms with Crippen molar-refractivity contribution in [1.82, 2.24) is 4.90 Å². The van der Waals surface area contributed by atoms with Gasteiger partial charge in [0.05, 0.1) is 0 Å². The molecule has 1 heteroatoms. The zero-order chi connectivity index (χ0) is 12.4. The number of fused-ring (bicyclic) bond motifs is 1. The molecule has 94 valence electrons. The van der Waals surface area contributed by atoms with Crippen LogP contribution in [0.25, 0.3) is 0 Å². The molecule has 0 bridgehead atoms. The van der Waals surface area contributed by atoms with Crippen LogP contribution in [0.2, 0.25) is 0 Å². The van der Waals surface area contributed by atoms with Crippen molar-refractivity contribution in [2.24, 2.45) is 5.92 Å². The van der Waals surface area contributed by atoms with Crippen molar-refractivity contribution < 1.29 is 0 Å². The molecule has 0 saturated heterocycles. The van der Waals surface area contributed by atoms with Gasteiger partial charge < -0.3 is 0 Å². The fourth-order valence-electron chi connectivity index (χ4n) is 2.74. The molecular weight excluding hydrogens is 206 g/mol. The minimum Gasteiger partial charge on any atom is -0.296 e. The standard InChI is InChI=1S/C16H25N/c1-12(2)10-15-7-5-6-14-8-9-17(13(3)4)11-16(14)15/h5-7,12-13H,8-11H2,1-4H3. The summed E-state index contributed by atoms with van der Waals surface area (Å²) < 4.78 is 0. The molecule has 0 saturated carbocycles. The van der Waals surface area contributed by atoms with Crippen molar-refractivity contribution in [1.29, 1.82) is 0 Å².